The lowest BCUT2D eigenvalue weighted by molar-refractivity contribution is -0.137. The van der Waals surface area contributed by atoms with Crippen LogP contribution in [0.15, 0.2) is 18.3 Å². The van der Waals surface area contributed by atoms with Gasteiger partial charge in [0.1, 0.15) is 5.60 Å². The van der Waals surface area contributed by atoms with Crippen molar-refractivity contribution in [3.8, 4) is 0 Å². The van der Waals surface area contributed by atoms with Gasteiger partial charge < -0.3 is 4.74 Å². The van der Waals surface area contributed by atoms with Gasteiger partial charge in [-0.05, 0) is 45.7 Å². The number of ether oxygens (including phenoxy) is 1. The number of likely N-dealkylation sites (tertiary alicyclic amines) is 1. The van der Waals surface area contributed by atoms with Crippen LogP contribution in [0.3, 0.4) is 0 Å². The van der Waals surface area contributed by atoms with E-state index in [2.05, 4.69) is 4.98 Å². The summed E-state index contributed by atoms with van der Waals surface area (Å²) in [7, 11) is 0. The third kappa shape index (κ3) is 3.90. The molecule has 4 nitrogen and oxygen atoms in total. The molecule has 2 heterocycles. The molecule has 1 aromatic rings. The molecule has 0 unspecified atom stereocenters. The van der Waals surface area contributed by atoms with E-state index in [9.17, 15) is 18.0 Å². The number of carbonyl (C=O) groups is 1. The normalized spacial score (nSPS) is 19.4. The zero-order valence-electron chi connectivity index (χ0n) is 12.8. The average Bonchev–Trinajstić information content (AvgIpc) is 2.85. The molecular weight excluding hydrogens is 297 g/mol. The van der Waals surface area contributed by atoms with E-state index < -0.39 is 23.4 Å². The lowest BCUT2D eigenvalue weighted by atomic mass is 10.1. The van der Waals surface area contributed by atoms with E-state index in [1.807, 2.05) is 0 Å². The molecule has 1 fully saturated rings. The van der Waals surface area contributed by atoms with Crippen molar-refractivity contribution in [3.05, 3.63) is 29.6 Å². The number of carbonyl (C=O) groups excluding carboxylic acids is 1. The lowest BCUT2D eigenvalue weighted by Crippen LogP contribution is -2.36. The molecule has 2 rings (SSSR count). The highest BCUT2D eigenvalue weighted by atomic mass is 19.4. The van der Waals surface area contributed by atoms with Gasteiger partial charge in [0.15, 0.2) is 0 Å². The minimum atomic E-state index is -4.41. The van der Waals surface area contributed by atoms with Gasteiger partial charge >= 0.3 is 12.3 Å². The quantitative estimate of drug-likeness (QED) is 0.781. The Labute approximate surface area is 127 Å². The van der Waals surface area contributed by atoms with Crippen LogP contribution in [0.2, 0.25) is 0 Å². The smallest absolute Gasteiger partial charge is 0.417 e. The molecule has 1 aromatic heterocycles. The van der Waals surface area contributed by atoms with Crippen LogP contribution >= 0.6 is 0 Å². The number of nitrogens with zero attached hydrogens (tertiary/aromatic N) is 2. The molecule has 22 heavy (non-hydrogen) atoms. The van der Waals surface area contributed by atoms with E-state index >= 15 is 0 Å². The Bertz CT molecular complexity index is 535. The van der Waals surface area contributed by atoms with Crippen LogP contribution < -0.4 is 0 Å². The van der Waals surface area contributed by atoms with Gasteiger partial charge in [0.25, 0.3) is 0 Å². The summed E-state index contributed by atoms with van der Waals surface area (Å²) in [4.78, 5) is 17.6. The topological polar surface area (TPSA) is 42.4 Å². The van der Waals surface area contributed by atoms with Gasteiger partial charge in [0, 0.05) is 12.7 Å². The SMILES string of the molecule is CC(C)(C)OC(=O)N1CCC[C@H]1c1ccc(C(F)(F)F)cn1. The summed E-state index contributed by atoms with van der Waals surface area (Å²) in [6.45, 7) is 5.83. The molecule has 1 atom stereocenters. The van der Waals surface area contributed by atoms with Gasteiger partial charge in [0.05, 0.1) is 17.3 Å². The summed E-state index contributed by atoms with van der Waals surface area (Å²) < 4.78 is 43.0. The molecular formula is C15H19F3N2O2. The van der Waals surface area contributed by atoms with E-state index in [1.54, 1.807) is 20.8 Å². The van der Waals surface area contributed by atoms with Crippen molar-refractivity contribution in [2.24, 2.45) is 0 Å². The number of hydrogen-bond acceptors (Lipinski definition) is 3. The lowest BCUT2D eigenvalue weighted by Gasteiger charge is -2.28. The molecule has 1 amide bonds. The molecule has 0 N–H and O–H groups in total. The first kappa shape index (κ1) is 16.6. The number of halogens is 3. The van der Waals surface area contributed by atoms with Gasteiger partial charge in [-0.1, -0.05) is 0 Å². The molecule has 0 aromatic carbocycles. The van der Waals surface area contributed by atoms with E-state index in [0.29, 0.717) is 18.7 Å². The first-order chi connectivity index (χ1) is 10.1. The van der Waals surface area contributed by atoms with Crippen LogP contribution in [0.25, 0.3) is 0 Å². The predicted molar refractivity (Wildman–Crippen MR) is 74.2 cm³/mol. The van der Waals surface area contributed by atoms with Gasteiger partial charge in [-0.15, -0.1) is 0 Å². The number of amides is 1. The van der Waals surface area contributed by atoms with Gasteiger partial charge in [0.2, 0.25) is 0 Å². The summed E-state index contributed by atoms with van der Waals surface area (Å²) in [5, 5.41) is 0. The van der Waals surface area contributed by atoms with Crippen LogP contribution in [0, 0.1) is 0 Å². The Morgan fingerprint density at radius 3 is 2.50 bits per heavy atom. The summed E-state index contributed by atoms with van der Waals surface area (Å²) in [6.07, 6.45) is -2.63. The van der Waals surface area contributed by atoms with E-state index in [-0.39, 0.29) is 6.04 Å². The number of hydrogen-bond donors (Lipinski definition) is 0. The Morgan fingerprint density at radius 2 is 2.00 bits per heavy atom. The van der Waals surface area contributed by atoms with Gasteiger partial charge in [-0.25, -0.2) is 4.79 Å². The summed E-state index contributed by atoms with van der Waals surface area (Å²) in [6, 6.07) is 1.99. The number of pyridine rings is 1. The van der Waals surface area contributed by atoms with Crippen molar-refractivity contribution in [1.29, 1.82) is 0 Å². The van der Waals surface area contributed by atoms with Crippen molar-refractivity contribution in [3.63, 3.8) is 0 Å². The Balaban J connectivity index is 2.15. The second-order valence-electron chi connectivity index (χ2n) is 6.30. The summed E-state index contributed by atoms with van der Waals surface area (Å²) in [5.74, 6) is 0. The number of aromatic nitrogens is 1. The monoisotopic (exact) mass is 316 g/mol. The number of alkyl halides is 3. The van der Waals surface area contributed by atoms with Crippen molar-refractivity contribution in [2.75, 3.05) is 6.54 Å². The standard InChI is InChI=1S/C15H19F3N2O2/c1-14(2,3)22-13(21)20-8-4-5-12(20)11-7-6-10(9-19-11)15(16,17)18/h6-7,9,12H,4-5,8H2,1-3H3/t12-/m0/s1. The molecule has 122 valence electrons. The van der Waals surface area contributed by atoms with Crippen LogP contribution in [0.1, 0.15) is 50.9 Å². The van der Waals surface area contributed by atoms with Crippen LogP contribution in [-0.2, 0) is 10.9 Å². The maximum absolute atomic E-state index is 12.6. The van der Waals surface area contributed by atoms with E-state index in [4.69, 9.17) is 4.74 Å². The van der Waals surface area contributed by atoms with Crippen molar-refractivity contribution >= 4 is 6.09 Å². The van der Waals surface area contributed by atoms with Crippen molar-refractivity contribution in [1.82, 2.24) is 9.88 Å². The molecule has 0 radical (unpaired) electrons. The molecule has 1 aliphatic heterocycles. The Hall–Kier alpha value is -1.79. The van der Waals surface area contributed by atoms with Gasteiger partial charge in [-0.2, -0.15) is 13.2 Å². The highest BCUT2D eigenvalue weighted by molar-refractivity contribution is 5.69. The zero-order chi connectivity index (χ0) is 16.5. The average molecular weight is 316 g/mol. The molecule has 0 bridgehead atoms. The Morgan fingerprint density at radius 1 is 1.32 bits per heavy atom. The van der Waals surface area contributed by atoms with Crippen LogP contribution in [0.5, 0.6) is 0 Å². The Kier molecular flexibility index (Phi) is 4.35. The molecule has 0 spiro atoms. The fourth-order valence-electron chi connectivity index (χ4n) is 2.38. The minimum absolute atomic E-state index is 0.336. The highest BCUT2D eigenvalue weighted by Crippen LogP contribution is 2.34. The molecule has 1 aliphatic rings. The molecule has 7 heteroatoms. The molecule has 1 saturated heterocycles. The molecule has 0 saturated carbocycles. The summed E-state index contributed by atoms with van der Waals surface area (Å²) >= 11 is 0. The zero-order valence-corrected chi connectivity index (χ0v) is 12.8. The summed E-state index contributed by atoms with van der Waals surface area (Å²) in [5.41, 5.74) is -0.952. The third-order valence-corrected chi connectivity index (χ3v) is 3.34. The second-order valence-corrected chi connectivity index (χ2v) is 6.30. The second kappa shape index (κ2) is 5.78. The van der Waals surface area contributed by atoms with Crippen molar-refractivity contribution < 1.29 is 22.7 Å². The molecule has 0 aliphatic carbocycles. The highest BCUT2D eigenvalue weighted by Gasteiger charge is 2.35. The maximum Gasteiger partial charge on any atom is 0.417 e. The third-order valence-electron chi connectivity index (χ3n) is 3.34. The van der Waals surface area contributed by atoms with Crippen LogP contribution in [0.4, 0.5) is 18.0 Å². The minimum Gasteiger partial charge on any atom is -0.444 e. The number of rotatable bonds is 1. The largest absolute Gasteiger partial charge is 0.444 e. The van der Waals surface area contributed by atoms with Gasteiger partial charge in [-0.3, -0.25) is 9.88 Å². The fraction of sp³-hybridized carbons (Fsp3) is 0.600. The first-order valence-corrected chi connectivity index (χ1v) is 7.11. The van der Waals surface area contributed by atoms with Crippen LogP contribution in [-0.4, -0.2) is 28.1 Å². The fourth-order valence-corrected chi connectivity index (χ4v) is 2.38. The van der Waals surface area contributed by atoms with Crippen molar-refractivity contribution in [2.45, 2.75) is 51.4 Å². The van der Waals surface area contributed by atoms with E-state index in [1.165, 1.54) is 11.0 Å². The predicted octanol–water partition coefficient (Wildman–Crippen LogP) is 4.17. The first-order valence-electron chi connectivity index (χ1n) is 7.11. The van der Waals surface area contributed by atoms with E-state index in [0.717, 1.165) is 18.7 Å². The maximum atomic E-state index is 12.6.